The fourth-order valence-corrected chi connectivity index (χ4v) is 3.13. The van der Waals surface area contributed by atoms with Gasteiger partial charge in [0.05, 0.1) is 4.90 Å². The van der Waals surface area contributed by atoms with Crippen LogP contribution in [0.15, 0.2) is 53.4 Å². The first kappa shape index (κ1) is 15.5. The number of anilines is 1. The summed E-state index contributed by atoms with van der Waals surface area (Å²) in [7, 11) is -3.59. The smallest absolute Gasteiger partial charge is 0.261 e. The van der Waals surface area contributed by atoms with Gasteiger partial charge in [0.2, 0.25) is 0 Å². The third kappa shape index (κ3) is 3.83. The van der Waals surface area contributed by atoms with E-state index in [1.54, 1.807) is 30.3 Å². The van der Waals surface area contributed by atoms with E-state index in [-0.39, 0.29) is 4.90 Å². The van der Waals surface area contributed by atoms with Gasteiger partial charge in [0, 0.05) is 12.2 Å². The monoisotopic (exact) mass is 304 g/mol. The summed E-state index contributed by atoms with van der Waals surface area (Å²) in [5.41, 5.74) is 8.00. The van der Waals surface area contributed by atoms with Crippen molar-refractivity contribution in [2.24, 2.45) is 5.73 Å². The quantitative estimate of drug-likeness (QED) is 0.891. The molecule has 0 amide bonds. The first-order valence-electron chi connectivity index (χ1n) is 6.84. The summed E-state index contributed by atoms with van der Waals surface area (Å²) in [6.07, 6.45) is 0. The van der Waals surface area contributed by atoms with Gasteiger partial charge in [0.25, 0.3) is 10.0 Å². The Morgan fingerprint density at radius 2 is 1.81 bits per heavy atom. The highest BCUT2D eigenvalue weighted by molar-refractivity contribution is 7.92. The molecular formula is C16H20N2O2S. The molecule has 0 spiro atoms. The van der Waals surface area contributed by atoms with Crippen LogP contribution in [0.2, 0.25) is 0 Å². The predicted octanol–water partition coefficient (Wildman–Crippen LogP) is 3.07. The van der Waals surface area contributed by atoms with E-state index in [4.69, 9.17) is 5.73 Å². The van der Waals surface area contributed by atoms with Gasteiger partial charge in [0.15, 0.2) is 0 Å². The standard InChI is InChI=1S/C16H20N2O2S/c1-12(2)14-6-4-7-15(10-14)18-21(19,20)16-8-3-5-13(9-16)11-17/h3-10,12,18H,11,17H2,1-2H3. The Balaban J connectivity index is 2.30. The Kier molecular flexibility index (Phi) is 4.65. The van der Waals surface area contributed by atoms with E-state index in [0.717, 1.165) is 11.1 Å². The van der Waals surface area contributed by atoms with E-state index >= 15 is 0 Å². The molecule has 0 heterocycles. The van der Waals surface area contributed by atoms with Crippen molar-refractivity contribution in [3.8, 4) is 0 Å². The minimum absolute atomic E-state index is 0.223. The summed E-state index contributed by atoms with van der Waals surface area (Å²) in [5.74, 6) is 0.343. The molecule has 3 N–H and O–H groups in total. The van der Waals surface area contributed by atoms with Crippen molar-refractivity contribution in [2.45, 2.75) is 31.2 Å². The van der Waals surface area contributed by atoms with Crippen molar-refractivity contribution in [3.63, 3.8) is 0 Å². The van der Waals surface area contributed by atoms with E-state index in [1.165, 1.54) is 0 Å². The van der Waals surface area contributed by atoms with Crippen LogP contribution >= 0.6 is 0 Å². The van der Waals surface area contributed by atoms with Crippen molar-refractivity contribution in [1.82, 2.24) is 0 Å². The second-order valence-corrected chi connectivity index (χ2v) is 6.92. The molecule has 2 aromatic carbocycles. The normalized spacial score (nSPS) is 11.6. The average Bonchev–Trinajstić information content (AvgIpc) is 2.47. The summed E-state index contributed by atoms with van der Waals surface area (Å²) in [6.45, 7) is 4.45. The van der Waals surface area contributed by atoms with Gasteiger partial charge in [-0.1, -0.05) is 38.1 Å². The minimum atomic E-state index is -3.59. The van der Waals surface area contributed by atoms with Gasteiger partial charge in [0.1, 0.15) is 0 Å². The highest BCUT2D eigenvalue weighted by Gasteiger charge is 2.14. The van der Waals surface area contributed by atoms with E-state index in [0.29, 0.717) is 18.2 Å². The Labute approximate surface area is 126 Å². The summed E-state index contributed by atoms with van der Waals surface area (Å²) < 4.78 is 27.4. The van der Waals surface area contributed by atoms with Crippen molar-refractivity contribution in [2.75, 3.05) is 4.72 Å². The lowest BCUT2D eigenvalue weighted by Crippen LogP contribution is -2.13. The number of nitrogens with one attached hydrogen (secondary N) is 1. The lowest BCUT2D eigenvalue weighted by molar-refractivity contribution is 0.601. The van der Waals surface area contributed by atoms with Crippen LogP contribution in [0.1, 0.15) is 30.9 Å². The van der Waals surface area contributed by atoms with Crippen molar-refractivity contribution in [3.05, 3.63) is 59.7 Å². The number of nitrogens with two attached hydrogens (primary N) is 1. The highest BCUT2D eigenvalue weighted by atomic mass is 32.2. The van der Waals surface area contributed by atoms with E-state index in [9.17, 15) is 8.42 Å². The van der Waals surface area contributed by atoms with Crippen LogP contribution in [0.4, 0.5) is 5.69 Å². The molecule has 0 aliphatic heterocycles. The zero-order valence-corrected chi connectivity index (χ0v) is 13.0. The van der Waals surface area contributed by atoms with Gasteiger partial charge < -0.3 is 5.73 Å². The lowest BCUT2D eigenvalue weighted by Gasteiger charge is -2.11. The van der Waals surface area contributed by atoms with Gasteiger partial charge in [-0.15, -0.1) is 0 Å². The molecule has 0 aliphatic carbocycles. The molecule has 112 valence electrons. The molecule has 0 bridgehead atoms. The van der Waals surface area contributed by atoms with Gasteiger partial charge in [-0.2, -0.15) is 0 Å². The van der Waals surface area contributed by atoms with E-state index in [2.05, 4.69) is 18.6 Å². The fourth-order valence-electron chi connectivity index (χ4n) is 2.01. The molecule has 0 unspecified atom stereocenters. The lowest BCUT2D eigenvalue weighted by atomic mass is 10.0. The summed E-state index contributed by atoms with van der Waals surface area (Å²) >= 11 is 0. The molecular weight excluding hydrogens is 284 g/mol. The van der Waals surface area contributed by atoms with Gasteiger partial charge in [-0.05, 0) is 41.3 Å². The van der Waals surface area contributed by atoms with Gasteiger partial charge in [-0.25, -0.2) is 8.42 Å². The second-order valence-electron chi connectivity index (χ2n) is 5.24. The van der Waals surface area contributed by atoms with Crippen LogP contribution in [-0.4, -0.2) is 8.42 Å². The first-order valence-corrected chi connectivity index (χ1v) is 8.32. The topological polar surface area (TPSA) is 72.2 Å². The third-order valence-corrected chi connectivity index (χ3v) is 4.63. The number of hydrogen-bond donors (Lipinski definition) is 2. The Hall–Kier alpha value is -1.85. The molecule has 0 radical (unpaired) electrons. The summed E-state index contributed by atoms with van der Waals surface area (Å²) in [5, 5.41) is 0. The molecule has 0 saturated carbocycles. The number of sulfonamides is 1. The Bertz CT molecular complexity index is 725. The summed E-state index contributed by atoms with van der Waals surface area (Å²) in [4.78, 5) is 0.223. The van der Waals surface area contributed by atoms with Crippen molar-refractivity contribution < 1.29 is 8.42 Å². The Morgan fingerprint density at radius 1 is 1.10 bits per heavy atom. The maximum atomic E-state index is 12.4. The molecule has 0 aromatic heterocycles. The van der Waals surface area contributed by atoms with Crippen LogP contribution in [0, 0.1) is 0 Å². The molecule has 2 rings (SSSR count). The molecule has 0 atom stereocenters. The number of hydrogen-bond acceptors (Lipinski definition) is 3. The fraction of sp³-hybridized carbons (Fsp3) is 0.250. The summed E-state index contributed by atoms with van der Waals surface area (Å²) in [6, 6.07) is 14.1. The Morgan fingerprint density at radius 3 is 2.48 bits per heavy atom. The van der Waals surface area contributed by atoms with Gasteiger partial charge >= 0.3 is 0 Å². The van der Waals surface area contributed by atoms with E-state index < -0.39 is 10.0 Å². The maximum Gasteiger partial charge on any atom is 0.261 e. The van der Waals surface area contributed by atoms with Crippen LogP contribution in [0.5, 0.6) is 0 Å². The molecule has 21 heavy (non-hydrogen) atoms. The largest absolute Gasteiger partial charge is 0.326 e. The zero-order chi connectivity index (χ0) is 15.5. The number of benzene rings is 2. The molecule has 2 aromatic rings. The van der Waals surface area contributed by atoms with Crippen LogP contribution in [0.25, 0.3) is 0 Å². The van der Waals surface area contributed by atoms with E-state index in [1.807, 2.05) is 18.2 Å². The maximum absolute atomic E-state index is 12.4. The number of rotatable bonds is 5. The van der Waals surface area contributed by atoms with Crippen molar-refractivity contribution >= 4 is 15.7 Å². The highest BCUT2D eigenvalue weighted by Crippen LogP contribution is 2.21. The minimum Gasteiger partial charge on any atom is -0.326 e. The third-order valence-electron chi connectivity index (χ3n) is 3.25. The van der Waals surface area contributed by atoms with Crippen LogP contribution in [0.3, 0.4) is 0 Å². The van der Waals surface area contributed by atoms with Crippen LogP contribution < -0.4 is 10.5 Å². The van der Waals surface area contributed by atoms with Gasteiger partial charge in [-0.3, -0.25) is 4.72 Å². The molecule has 4 nitrogen and oxygen atoms in total. The van der Waals surface area contributed by atoms with Crippen molar-refractivity contribution in [1.29, 1.82) is 0 Å². The average molecular weight is 304 g/mol. The predicted molar refractivity (Wildman–Crippen MR) is 85.7 cm³/mol. The molecule has 0 saturated heterocycles. The molecule has 5 heteroatoms. The SMILES string of the molecule is CC(C)c1cccc(NS(=O)(=O)c2cccc(CN)c2)c1. The molecule has 0 aliphatic rings. The molecule has 0 fully saturated rings. The zero-order valence-electron chi connectivity index (χ0n) is 12.2. The van der Waals surface area contributed by atoms with Crippen LogP contribution in [-0.2, 0) is 16.6 Å². The second kappa shape index (κ2) is 6.28. The first-order chi connectivity index (χ1) is 9.92.